The van der Waals surface area contributed by atoms with Crippen LogP contribution >= 0.6 is 0 Å². The molecule has 0 spiro atoms. The third-order valence-electron chi connectivity index (χ3n) is 3.76. The molecule has 110 valence electrons. The van der Waals surface area contributed by atoms with Gasteiger partial charge in [0.1, 0.15) is 6.04 Å². The van der Waals surface area contributed by atoms with E-state index in [1.54, 1.807) is 12.5 Å². The van der Waals surface area contributed by atoms with Gasteiger partial charge in [-0.15, -0.1) is 0 Å². The summed E-state index contributed by atoms with van der Waals surface area (Å²) in [4.78, 5) is 17.3. The number of aliphatic carboxylic acids is 1. The molecule has 0 bridgehead atoms. The van der Waals surface area contributed by atoms with E-state index in [1.165, 1.54) is 0 Å². The summed E-state index contributed by atoms with van der Waals surface area (Å²) in [6, 6.07) is 7.67. The van der Waals surface area contributed by atoms with Crippen LogP contribution in [0.15, 0.2) is 43.0 Å². The van der Waals surface area contributed by atoms with Crippen molar-refractivity contribution in [3.63, 3.8) is 0 Å². The van der Waals surface area contributed by atoms with Crippen LogP contribution in [0.5, 0.6) is 0 Å². The third kappa shape index (κ3) is 3.12. The molecule has 1 aromatic heterocycles. The number of hydrogen-bond acceptors (Lipinski definition) is 4. The molecule has 6 heteroatoms. The summed E-state index contributed by atoms with van der Waals surface area (Å²) in [5.41, 5.74) is 2.17. The predicted molar refractivity (Wildman–Crippen MR) is 78.3 cm³/mol. The average Bonchev–Trinajstić information content (AvgIpc) is 3.03. The van der Waals surface area contributed by atoms with Gasteiger partial charge in [-0.3, -0.25) is 9.69 Å². The molecule has 2 N–H and O–H groups in total. The Morgan fingerprint density at radius 3 is 2.86 bits per heavy atom. The fourth-order valence-corrected chi connectivity index (χ4v) is 2.60. The van der Waals surface area contributed by atoms with Crippen molar-refractivity contribution in [3.8, 4) is 5.69 Å². The molecule has 1 aromatic carbocycles. The van der Waals surface area contributed by atoms with Crippen molar-refractivity contribution in [3.05, 3.63) is 48.5 Å². The number of nitrogens with one attached hydrogen (secondary N) is 1. The molecule has 0 aliphatic carbocycles. The highest BCUT2D eigenvalue weighted by atomic mass is 16.4. The van der Waals surface area contributed by atoms with E-state index < -0.39 is 12.0 Å². The Morgan fingerprint density at radius 1 is 1.38 bits per heavy atom. The molecule has 21 heavy (non-hydrogen) atoms. The van der Waals surface area contributed by atoms with E-state index in [1.807, 2.05) is 39.9 Å². The number of rotatable bonds is 4. The van der Waals surface area contributed by atoms with Gasteiger partial charge in [0.15, 0.2) is 0 Å². The summed E-state index contributed by atoms with van der Waals surface area (Å²) in [5.74, 6) is -0.766. The van der Waals surface area contributed by atoms with E-state index in [2.05, 4.69) is 10.3 Å². The molecule has 0 amide bonds. The molecular weight excluding hydrogens is 268 g/mol. The van der Waals surface area contributed by atoms with Crippen LogP contribution in [0.25, 0.3) is 5.69 Å². The molecule has 3 rings (SSSR count). The van der Waals surface area contributed by atoms with E-state index >= 15 is 0 Å². The molecule has 1 saturated heterocycles. The zero-order chi connectivity index (χ0) is 14.7. The van der Waals surface area contributed by atoms with Crippen LogP contribution < -0.4 is 5.32 Å². The van der Waals surface area contributed by atoms with Gasteiger partial charge in [-0.2, -0.15) is 0 Å². The zero-order valence-corrected chi connectivity index (χ0v) is 11.6. The highest BCUT2D eigenvalue weighted by Crippen LogP contribution is 2.14. The first-order chi connectivity index (χ1) is 10.2. The highest BCUT2D eigenvalue weighted by molar-refractivity contribution is 5.74. The summed E-state index contributed by atoms with van der Waals surface area (Å²) in [5, 5.41) is 12.4. The lowest BCUT2D eigenvalue weighted by molar-refractivity contribution is -0.144. The lowest BCUT2D eigenvalue weighted by Gasteiger charge is -2.33. The maximum Gasteiger partial charge on any atom is 0.322 e. The molecule has 2 aromatic rings. The minimum Gasteiger partial charge on any atom is -0.480 e. The second kappa shape index (κ2) is 6.07. The van der Waals surface area contributed by atoms with Crippen molar-refractivity contribution in [2.24, 2.45) is 0 Å². The number of imidazole rings is 1. The Labute approximate surface area is 123 Å². The Bertz CT molecular complexity index is 595. The third-order valence-corrected chi connectivity index (χ3v) is 3.76. The molecule has 1 aliphatic rings. The van der Waals surface area contributed by atoms with Gasteiger partial charge in [0, 0.05) is 44.3 Å². The van der Waals surface area contributed by atoms with Gasteiger partial charge in [-0.1, -0.05) is 12.1 Å². The normalized spacial score (nSPS) is 19.5. The first-order valence-corrected chi connectivity index (χ1v) is 6.99. The molecule has 1 aliphatic heterocycles. The Hall–Kier alpha value is -2.18. The van der Waals surface area contributed by atoms with Gasteiger partial charge in [-0.25, -0.2) is 4.98 Å². The maximum absolute atomic E-state index is 11.3. The number of carboxylic acids is 1. The predicted octanol–water partition coefficient (Wildman–Crippen LogP) is 0.731. The number of carbonyl (C=O) groups is 1. The minimum atomic E-state index is -0.766. The highest BCUT2D eigenvalue weighted by Gasteiger charge is 2.27. The van der Waals surface area contributed by atoms with Gasteiger partial charge < -0.3 is 15.0 Å². The van der Waals surface area contributed by atoms with Crippen LogP contribution in [0.4, 0.5) is 0 Å². The Balaban J connectivity index is 1.71. The Kier molecular flexibility index (Phi) is 3.98. The number of carboxylic acid groups (broad SMARTS) is 1. The van der Waals surface area contributed by atoms with Crippen LogP contribution in [0.3, 0.4) is 0 Å². The van der Waals surface area contributed by atoms with Crippen molar-refractivity contribution in [2.75, 3.05) is 19.6 Å². The van der Waals surface area contributed by atoms with Crippen LogP contribution in [0.1, 0.15) is 5.56 Å². The fraction of sp³-hybridized carbons (Fsp3) is 0.333. The molecule has 0 saturated carbocycles. The monoisotopic (exact) mass is 286 g/mol. The zero-order valence-electron chi connectivity index (χ0n) is 11.6. The van der Waals surface area contributed by atoms with Crippen molar-refractivity contribution >= 4 is 5.97 Å². The van der Waals surface area contributed by atoms with E-state index in [9.17, 15) is 9.90 Å². The second-order valence-electron chi connectivity index (χ2n) is 5.17. The van der Waals surface area contributed by atoms with Gasteiger partial charge in [-0.05, 0) is 17.7 Å². The summed E-state index contributed by atoms with van der Waals surface area (Å²) in [6.45, 7) is 2.74. The van der Waals surface area contributed by atoms with Crippen molar-refractivity contribution in [1.29, 1.82) is 0 Å². The topological polar surface area (TPSA) is 70.4 Å². The van der Waals surface area contributed by atoms with Gasteiger partial charge in [0.25, 0.3) is 0 Å². The van der Waals surface area contributed by atoms with E-state index in [0.29, 0.717) is 13.1 Å². The molecule has 6 nitrogen and oxygen atoms in total. The van der Waals surface area contributed by atoms with E-state index in [-0.39, 0.29) is 0 Å². The Morgan fingerprint density at radius 2 is 2.19 bits per heavy atom. The van der Waals surface area contributed by atoms with Crippen molar-refractivity contribution < 1.29 is 9.90 Å². The number of aromatic nitrogens is 2. The molecular formula is C15H18N4O2. The molecule has 0 radical (unpaired) electrons. The van der Waals surface area contributed by atoms with Gasteiger partial charge in [0.05, 0.1) is 6.33 Å². The summed E-state index contributed by atoms with van der Waals surface area (Å²) >= 11 is 0. The molecule has 1 unspecified atom stereocenters. The first-order valence-electron chi connectivity index (χ1n) is 6.99. The number of nitrogens with zero attached hydrogens (tertiary/aromatic N) is 3. The summed E-state index contributed by atoms with van der Waals surface area (Å²) in [6.07, 6.45) is 5.39. The van der Waals surface area contributed by atoms with Crippen LogP contribution in [0, 0.1) is 0 Å². The lowest BCUT2D eigenvalue weighted by Crippen LogP contribution is -2.54. The molecule has 2 heterocycles. The van der Waals surface area contributed by atoms with E-state index in [0.717, 1.165) is 24.3 Å². The number of piperazine rings is 1. The van der Waals surface area contributed by atoms with Gasteiger partial charge >= 0.3 is 5.97 Å². The molecule has 1 atom stereocenters. The van der Waals surface area contributed by atoms with Gasteiger partial charge in [0.2, 0.25) is 0 Å². The van der Waals surface area contributed by atoms with Crippen LogP contribution in [-0.4, -0.2) is 51.2 Å². The van der Waals surface area contributed by atoms with Crippen molar-refractivity contribution in [1.82, 2.24) is 19.8 Å². The van der Waals surface area contributed by atoms with Crippen molar-refractivity contribution in [2.45, 2.75) is 12.6 Å². The second-order valence-corrected chi connectivity index (χ2v) is 5.17. The summed E-state index contributed by atoms with van der Waals surface area (Å²) < 4.78 is 1.94. The van der Waals surface area contributed by atoms with E-state index in [4.69, 9.17) is 0 Å². The smallest absolute Gasteiger partial charge is 0.322 e. The number of benzene rings is 1. The standard InChI is InChI=1S/C15H18N4O2/c20-15(21)14-9-16-5-7-18(14)10-12-1-3-13(4-2-12)19-8-6-17-11-19/h1-4,6,8,11,14,16H,5,7,9-10H2,(H,20,21). The fourth-order valence-electron chi connectivity index (χ4n) is 2.60. The first kappa shape index (κ1) is 13.8. The minimum absolute atomic E-state index is 0.452. The largest absolute Gasteiger partial charge is 0.480 e. The van der Waals surface area contributed by atoms with Crippen LogP contribution in [-0.2, 0) is 11.3 Å². The average molecular weight is 286 g/mol. The summed E-state index contributed by atoms with van der Waals surface area (Å²) in [7, 11) is 0. The van der Waals surface area contributed by atoms with Crippen LogP contribution in [0.2, 0.25) is 0 Å². The maximum atomic E-state index is 11.3. The quantitative estimate of drug-likeness (QED) is 0.867. The molecule has 1 fully saturated rings. The number of hydrogen-bond donors (Lipinski definition) is 2. The SMILES string of the molecule is O=C(O)C1CNCCN1Cc1ccc(-n2ccnc2)cc1. The lowest BCUT2D eigenvalue weighted by atomic mass is 10.1.